The van der Waals surface area contributed by atoms with Crippen LogP contribution in [-0.4, -0.2) is 151 Å². The van der Waals surface area contributed by atoms with E-state index in [9.17, 15) is 14.7 Å². The molecule has 27 heteroatoms. The van der Waals surface area contributed by atoms with Gasteiger partial charge in [-0.2, -0.15) is 0 Å². The van der Waals surface area contributed by atoms with Gasteiger partial charge < -0.3 is 88.0 Å². The second kappa shape index (κ2) is 31.7. The van der Waals surface area contributed by atoms with E-state index in [1.807, 2.05) is 4.90 Å². The van der Waals surface area contributed by atoms with Crippen molar-refractivity contribution in [1.82, 2.24) is 26.2 Å². The van der Waals surface area contributed by atoms with E-state index in [2.05, 4.69) is 75.1 Å². The molecule has 1 saturated heterocycles. The van der Waals surface area contributed by atoms with Gasteiger partial charge in [0.15, 0.2) is 35.8 Å². The van der Waals surface area contributed by atoms with E-state index in [0.717, 1.165) is 31.2 Å². The van der Waals surface area contributed by atoms with Gasteiger partial charge in [0.2, 0.25) is 5.91 Å². The van der Waals surface area contributed by atoms with Crippen molar-refractivity contribution >= 4 is 47.6 Å². The summed E-state index contributed by atoms with van der Waals surface area (Å²) in [7, 11) is 0. The smallest absolute Gasteiger partial charge is 0.303 e. The minimum Gasteiger partial charge on any atom is -0.508 e. The zero-order valence-electron chi connectivity index (χ0n) is 39.5. The Hall–Kier alpha value is -7.15. The van der Waals surface area contributed by atoms with Crippen LogP contribution in [-0.2, 0) is 16.0 Å². The van der Waals surface area contributed by atoms with E-state index in [0.29, 0.717) is 38.9 Å². The Bertz CT molecular complexity index is 1910. The van der Waals surface area contributed by atoms with Crippen molar-refractivity contribution in [2.45, 2.75) is 114 Å². The molecule has 2 rings (SSSR count). The zero-order valence-corrected chi connectivity index (χ0v) is 39.5. The third-order valence-electron chi connectivity index (χ3n) is 10.5. The lowest BCUT2D eigenvalue weighted by molar-refractivity contribution is -0.137. The predicted octanol–water partition coefficient (Wildman–Crippen LogP) is -2.33. The molecule has 1 aliphatic heterocycles. The third-order valence-corrected chi connectivity index (χ3v) is 10.5. The molecule has 6 atom stereocenters. The van der Waals surface area contributed by atoms with E-state index in [-0.39, 0.29) is 124 Å². The number of aromatic hydroxyl groups is 1. The maximum Gasteiger partial charge on any atom is 0.303 e. The van der Waals surface area contributed by atoms with Gasteiger partial charge in [-0.1, -0.05) is 37.5 Å². The van der Waals surface area contributed by atoms with Crippen LogP contribution in [0.1, 0.15) is 77.2 Å². The summed E-state index contributed by atoms with van der Waals surface area (Å²) in [4.78, 5) is 54.0. The first-order valence-electron chi connectivity index (χ1n) is 22.8. The standard InChI is InChI=1S/C41H77N23O4/c1-25(2)16-29(60-40(49)56-24-32-7-5-15-64(32)41(50)57-23-31(62-63-51)18-34(43)66)21-54-39(48)61-30(17-26-8-11-33(65)12-9-26)22-55-38(47)58-27(6-3-4-14-42)20-53-37(46)59-28(10-13-35(67)68)19-52-36(44)45/h8-9,11-12,25,27-32,65H,3-7,10,13-24,42H2,1-2H3,(H2,43,66)(H2,50,57)(H,67,68)(H4,44,45,52)(H3,46,53,59)(H3,47,55,58)(H3,48,54,61)(H3,49,56,60)/t27-,28-,29-,30-,31-,32-/m0/s1. The molecule has 0 spiro atoms. The van der Waals surface area contributed by atoms with Crippen LogP contribution in [0.15, 0.2) is 59.3 Å². The highest BCUT2D eigenvalue weighted by Crippen LogP contribution is 2.18. The van der Waals surface area contributed by atoms with Gasteiger partial charge in [-0.05, 0) is 80.6 Å². The van der Waals surface area contributed by atoms with E-state index < -0.39 is 24.0 Å². The number of carbonyl (C=O) groups is 2. The Balaban J connectivity index is 2.19. The Kier molecular flexibility index (Phi) is 26.6. The first-order chi connectivity index (χ1) is 32.4. The van der Waals surface area contributed by atoms with Crippen LogP contribution in [0.3, 0.4) is 0 Å². The van der Waals surface area contributed by atoms with Crippen molar-refractivity contribution in [1.29, 1.82) is 0 Å². The molecular formula is C41H77N23O4. The molecule has 380 valence electrons. The van der Waals surface area contributed by atoms with Crippen molar-refractivity contribution < 1.29 is 19.8 Å². The fraction of sp³-hybridized carbons (Fsp3) is 0.659. The number of nitrogens with one attached hydrogen (secondary N) is 4. The van der Waals surface area contributed by atoms with Gasteiger partial charge in [-0.15, -0.1) is 0 Å². The molecule has 0 saturated carbocycles. The Labute approximate surface area is 398 Å². The van der Waals surface area contributed by atoms with Gasteiger partial charge >= 0.3 is 5.97 Å². The lowest BCUT2D eigenvalue weighted by atomic mass is 10.0. The number of amides is 1. The summed E-state index contributed by atoms with van der Waals surface area (Å²) in [6.07, 6.45) is 5.04. The molecule has 1 aliphatic rings. The fourth-order valence-corrected chi connectivity index (χ4v) is 7.20. The van der Waals surface area contributed by atoms with Crippen LogP contribution in [0.4, 0.5) is 0 Å². The Morgan fingerprint density at radius 2 is 1.32 bits per heavy atom. The number of hydrogen-bond donors (Lipinski definition) is 15. The Morgan fingerprint density at radius 1 is 0.765 bits per heavy atom. The first kappa shape index (κ1) is 57.0. The number of azide groups is 1. The van der Waals surface area contributed by atoms with Gasteiger partial charge in [0.1, 0.15) is 5.75 Å². The van der Waals surface area contributed by atoms with Gasteiger partial charge in [0.05, 0.1) is 57.4 Å². The molecule has 24 N–H and O–H groups in total. The van der Waals surface area contributed by atoms with E-state index >= 15 is 0 Å². The van der Waals surface area contributed by atoms with Crippen LogP contribution in [0, 0.1) is 5.92 Å². The van der Waals surface area contributed by atoms with Crippen molar-refractivity contribution in [2.24, 2.45) is 92.6 Å². The summed E-state index contributed by atoms with van der Waals surface area (Å²) in [5, 5.41) is 35.5. The topological polar surface area (TPSA) is 483 Å². The normalized spacial score (nSPS) is 17.1. The number of hydrogen-bond acceptors (Lipinski definition) is 11. The molecule has 0 unspecified atom stereocenters. The highest BCUT2D eigenvalue weighted by atomic mass is 16.4. The molecule has 0 radical (unpaired) electrons. The second-order valence-electron chi connectivity index (χ2n) is 17.0. The summed E-state index contributed by atoms with van der Waals surface area (Å²) in [5.41, 5.74) is 63.6. The van der Waals surface area contributed by atoms with Crippen molar-refractivity contribution in [3.8, 4) is 5.75 Å². The minimum absolute atomic E-state index is 0.0229. The van der Waals surface area contributed by atoms with Crippen LogP contribution < -0.4 is 72.9 Å². The number of nitrogens with two attached hydrogens (primary N) is 9. The van der Waals surface area contributed by atoms with Gasteiger partial charge in [0.25, 0.3) is 0 Å². The molecule has 0 aliphatic carbocycles. The summed E-state index contributed by atoms with van der Waals surface area (Å²) in [6, 6.07) is 4.70. The molecule has 0 aromatic heterocycles. The van der Waals surface area contributed by atoms with Crippen LogP contribution >= 0.6 is 0 Å². The molecule has 0 bridgehead atoms. The van der Waals surface area contributed by atoms with Crippen molar-refractivity contribution in [3.05, 3.63) is 40.3 Å². The first-order valence-corrected chi connectivity index (χ1v) is 22.8. The number of primary amides is 1. The number of phenols is 1. The summed E-state index contributed by atoms with van der Waals surface area (Å²) in [5.74, 6) is -0.359. The molecule has 27 nitrogen and oxygen atoms in total. The number of carbonyl (C=O) groups excluding carboxylic acids is 1. The average molecular weight is 956 g/mol. The number of aliphatic imine (C=N–C) groups is 6. The lowest BCUT2D eigenvalue weighted by Crippen LogP contribution is -2.47. The number of unbranched alkanes of at least 4 members (excludes halogenated alkanes) is 1. The lowest BCUT2D eigenvalue weighted by Gasteiger charge is -2.25. The summed E-state index contributed by atoms with van der Waals surface area (Å²) >= 11 is 0. The summed E-state index contributed by atoms with van der Waals surface area (Å²) < 4.78 is 0. The molecule has 1 fully saturated rings. The second-order valence-corrected chi connectivity index (χ2v) is 17.0. The maximum absolute atomic E-state index is 11.4. The number of phenolic OH excluding ortho intramolecular Hbond substituents is 1. The van der Waals surface area contributed by atoms with Crippen LogP contribution in [0.25, 0.3) is 10.4 Å². The number of carboxylic acids is 1. The number of rotatable bonds is 30. The van der Waals surface area contributed by atoms with E-state index in [4.69, 9.17) is 62.2 Å². The predicted molar refractivity (Wildman–Crippen MR) is 268 cm³/mol. The number of likely N-dealkylation sites (tertiary alicyclic amines) is 1. The molecule has 1 aromatic carbocycles. The molecule has 1 amide bonds. The van der Waals surface area contributed by atoms with Gasteiger partial charge in [-0.25, -0.2) is 0 Å². The average Bonchev–Trinajstić information content (AvgIpc) is 3.75. The van der Waals surface area contributed by atoms with Crippen LogP contribution in [0.2, 0.25) is 0 Å². The van der Waals surface area contributed by atoms with E-state index in [1.165, 1.54) is 0 Å². The highest BCUT2D eigenvalue weighted by Gasteiger charge is 2.26. The largest absolute Gasteiger partial charge is 0.508 e. The number of benzene rings is 1. The number of nitrogens with zero attached hydrogens (tertiary/aromatic N) is 10. The number of carboxylic acid groups (broad SMARTS) is 1. The highest BCUT2D eigenvalue weighted by molar-refractivity contribution is 5.81. The Morgan fingerprint density at radius 3 is 1.90 bits per heavy atom. The number of aliphatic carboxylic acids is 1. The molecular weight excluding hydrogens is 879 g/mol. The summed E-state index contributed by atoms with van der Waals surface area (Å²) in [6.45, 7) is 6.51. The maximum atomic E-state index is 11.4. The molecule has 1 heterocycles. The van der Waals surface area contributed by atoms with Crippen molar-refractivity contribution in [3.63, 3.8) is 0 Å². The minimum atomic E-state index is -0.969. The monoisotopic (exact) mass is 956 g/mol. The molecule has 1 aromatic rings. The van der Waals surface area contributed by atoms with E-state index in [1.54, 1.807) is 24.3 Å². The molecule has 68 heavy (non-hydrogen) atoms. The quantitative estimate of drug-likeness (QED) is 0.00960. The SMILES string of the molecule is CC(C)C[C@@H](CN=C(N)N[C@H](CN=C(N)N[C@@H](CCCCN)CN=C(N)N[C@@H](CCC(=O)O)CN=C(N)N)Cc1ccc(O)cc1)NC(N)=NC[C@@H]1CCCN1C(N)=NC[C@H](CC(N)=O)N=[N+]=[N-]. The third kappa shape index (κ3) is 25.5. The number of guanidine groups is 6. The van der Waals surface area contributed by atoms with Gasteiger partial charge in [0, 0.05) is 42.4 Å². The van der Waals surface area contributed by atoms with Crippen molar-refractivity contribution in [2.75, 3.05) is 52.4 Å². The fourth-order valence-electron chi connectivity index (χ4n) is 7.20. The van der Waals surface area contributed by atoms with Gasteiger partial charge in [-0.3, -0.25) is 39.5 Å². The van der Waals surface area contributed by atoms with Crippen LogP contribution in [0.5, 0.6) is 5.75 Å². The zero-order chi connectivity index (χ0) is 50.4.